The van der Waals surface area contributed by atoms with Gasteiger partial charge in [-0.2, -0.15) is 0 Å². The minimum Gasteiger partial charge on any atom is -0.386 e. The summed E-state index contributed by atoms with van der Waals surface area (Å²) < 4.78 is 27.4. The lowest BCUT2D eigenvalue weighted by Crippen LogP contribution is -2.02. The van der Waals surface area contributed by atoms with Crippen molar-refractivity contribution >= 4 is 71.6 Å². The van der Waals surface area contributed by atoms with Crippen LogP contribution in [0.1, 0.15) is 124 Å². The zero-order chi connectivity index (χ0) is 46.3. The lowest BCUT2D eigenvalue weighted by atomic mass is 9.91. The Labute approximate surface area is 366 Å². The first-order valence-corrected chi connectivity index (χ1v) is 19.1. The number of benzene rings is 6. The van der Waals surface area contributed by atoms with Crippen molar-refractivity contribution in [2.24, 2.45) is 0 Å². The Kier molecular flexibility index (Phi) is 9.09. The topological polar surface area (TPSA) is 260 Å². The van der Waals surface area contributed by atoms with Crippen molar-refractivity contribution in [2.45, 2.75) is 0 Å². The first kappa shape index (κ1) is 40.2. The number of rotatable bonds is 3. The molecule has 6 aromatic rings. The zero-order valence-electron chi connectivity index (χ0n) is 32.7. The number of esters is 12. The van der Waals surface area contributed by atoms with E-state index < -0.39 is 71.6 Å². The average molecular weight is 883 g/mol. The fraction of sp³-hybridized carbons (Fsp3) is 0. The van der Waals surface area contributed by atoms with E-state index in [0.717, 1.165) is 0 Å². The fourth-order valence-corrected chi connectivity index (χ4v) is 7.87. The SMILES string of the molecule is O=C1OC(=O)c2c1cccc2-c1cccc2c1C(=O)OC2=O.O=C1OC(=O)c2cc(-c3ccc4c(c3)C(=O)OC4=O)ccc21.O=C1OC(=O)c2cc(-c3cccc4c3C(=O)OC4=O)ccc21. The van der Waals surface area contributed by atoms with Crippen LogP contribution in [0.4, 0.5) is 0 Å². The van der Waals surface area contributed by atoms with Crippen molar-refractivity contribution in [3.8, 4) is 33.4 Å². The number of hydrogen-bond donors (Lipinski definition) is 0. The molecule has 6 aromatic carbocycles. The van der Waals surface area contributed by atoms with E-state index in [9.17, 15) is 57.5 Å². The van der Waals surface area contributed by atoms with Gasteiger partial charge in [0.2, 0.25) is 0 Å². The number of ether oxygens (including phenoxy) is 6. The van der Waals surface area contributed by atoms with Crippen molar-refractivity contribution in [1.29, 1.82) is 0 Å². The second kappa shape index (κ2) is 14.9. The van der Waals surface area contributed by atoms with Crippen molar-refractivity contribution in [2.75, 3.05) is 0 Å². The van der Waals surface area contributed by atoms with Crippen LogP contribution < -0.4 is 0 Å². The molecule has 6 aliphatic rings. The van der Waals surface area contributed by atoms with Gasteiger partial charge in [0.15, 0.2) is 0 Å². The van der Waals surface area contributed by atoms with E-state index in [1.807, 2.05) is 0 Å². The molecule has 18 nitrogen and oxygen atoms in total. The molecule has 12 rings (SSSR count). The van der Waals surface area contributed by atoms with Gasteiger partial charge in [-0.25, -0.2) is 57.5 Å². The monoisotopic (exact) mass is 882 g/mol. The van der Waals surface area contributed by atoms with Crippen molar-refractivity contribution < 1.29 is 86.0 Å². The van der Waals surface area contributed by atoms with Crippen LogP contribution in [0.25, 0.3) is 33.4 Å². The Morgan fingerprint density at radius 3 is 0.803 bits per heavy atom. The largest absolute Gasteiger partial charge is 0.386 e. The molecular weight excluding hydrogens is 865 g/mol. The highest BCUT2D eigenvalue weighted by molar-refractivity contribution is 6.23. The predicted molar refractivity (Wildman–Crippen MR) is 214 cm³/mol. The molecule has 18 heteroatoms. The van der Waals surface area contributed by atoms with Crippen molar-refractivity contribution in [1.82, 2.24) is 0 Å². The Bertz CT molecular complexity index is 3280. The fourth-order valence-electron chi connectivity index (χ4n) is 7.87. The minimum absolute atomic E-state index is 0.0908. The summed E-state index contributed by atoms with van der Waals surface area (Å²) in [5.41, 5.74) is 4.85. The van der Waals surface area contributed by atoms with Gasteiger partial charge in [-0.1, -0.05) is 54.6 Å². The standard InChI is InChI=1S/3C16H6O6/c17-13-9-3-1-7(5-11(9)15(19)21-13)8-2-4-10-12(6-8)16(20)22-14(10)18;17-13-9-5-1-3-7(11(9)15(19)21-13)8-4-2-6-10-12(8)16(20)22-14(10)18;17-13-9-5-4-7(6-11(9)15(19)21-13)8-2-1-3-10-12(8)16(20)22-14(10)18/h3*1-6H. The van der Waals surface area contributed by atoms with Crippen LogP contribution in [-0.4, -0.2) is 71.6 Å². The molecule has 0 unspecified atom stereocenters. The Morgan fingerprint density at radius 2 is 0.439 bits per heavy atom. The molecule has 0 radical (unpaired) electrons. The summed E-state index contributed by atoms with van der Waals surface area (Å²) in [6.45, 7) is 0. The van der Waals surface area contributed by atoms with Crippen molar-refractivity contribution in [3.63, 3.8) is 0 Å². The lowest BCUT2D eigenvalue weighted by Gasteiger charge is -2.07. The first-order chi connectivity index (χ1) is 31.7. The Hall–Kier alpha value is -9.84. The van der Waals surface area contributed by atoms with Gasteiger partial charge in [0, 0.05) is 0 Å². The second-order valence-electron chi connectivity index (χ2n) is 14.5. The lowest BCUT2D eigenvalue weighted by molar-refractivity contribution is 0.0425. The van der Waals surface area contributed by atoms with Crippen LogP contribution in [0.2, 0.25) is 0 Å². The minimum atomic E-state index is -0.772. The molecule has 0 saturated carbocycles. The molecule has 66 heavy (non-hydrogen) atoms. The summed E-state index contributed by atoms with van der Waals surface area (Å²) in [5.74, 6) is -8.59. The zero-order valence-corrected chi connectivity index (χ0v) is 32.7. The van der Waals surface area contributed by atoms with Crippen LogP contribution in [0.15, 0.2) is 109 Å². The number of hydrogen-bond acceptors (Lipinski definition) is 18. The molecule has 0 aromatic heterocycles. The predicted octanol–water partition coefficient (Wildman–Crippen LogP) is 5.92. The van der Waals surface area contributed by atoms with Gasteiger partial charge in [-0.05, 0) is 88.0 Å². The number of cyclic esters (lactones) is 12. The molecule has 0 aliphatic carbocycles. The summed E-state index contributed by atoms with van der Waals surface area (Å²) in [6, 6.07) is 27.9. The summed E-state index contributed by atoms with van der Waals surface area (Å²) >= 11 is 0. The molecule has 0 fully saturated rings. The normalized spacial score (nSPS) is 15.5. The van der Waals surface area contributed by atoms with Crippen LogP contribution in [0.3, 0.4) is 0 Å². The van der Waals surface area contributed by atoms with Gasteiger partial charge >= 0.3 is 71.6 Å². The molecule has 0 atom stereocenters. The highest BCUT2D eigenvalue weighted by Crippen LogP contribution is 2.38. The molecule has 0 bridgehead atoms. The van der Waals surface area contributed by atoms with Crippen molar-refractivity contribution in [3.05, 3.63) is 176 Å². The van der Waals surface area contributed by atoms with E-state index in [-0.39, 0.29) is 66.8 Å². The maximum Gasteiger partial charge on any atom is 0.347 e. The van der Waals surface area contributed by atoms with Gasteiger partial charge in [0.1, 0.15) is 0 Å². The van der Waals surface area contributed by atoms with Crippen LogP contribution in [0, 0.1) is 0 Å². The first-order valence-electron chi connectivity index (χ1n) is 19.1. The highest BCUT2D eigenvalue weighted by Gasteiger charge is 2.38. The van der Waals surface area contributed by atoms with Gasteiger partial charge in [0.25, 0.3) is 0 Å². The Balaban J connectivity index is 0.000000116. The molecule has 318 valence electrons. The van der Waals surface area contributed by atoms with E-state index in [2.05, 4.69) is 28.4 Å². The summed E-state index contributed by atoms with van der Waals surface area (Å²) in [6.07, 6.45) is 0. The third-order valence-electron chi connectivity index (χ3n) is 10.9. The van der Waals surface area contributed by atoms with Gasteiger partial charge < -0.3 is 28.4 Å². The molecule has 0 spiro atoms. The van der Waals surface area contributed by atoms with E-state index >= 15 is 0 Å². The average Bonchev–Trinajstić information content (AvgIpc) is 4.11. The van der Waals surface area contributed by atoms with E-state index in [1.165, 1.54) is 54.6 Å². The number of carbonyl (C=O) groups excluding carboxylic acids is 12. The molecule has 0 N–H and O–H groups in total. The summed E-state index contributed by atoms with van der Waals surface area (Å²) in [5, 5.41) is 0. The van der Waals surface area contributed by atoms with Gasteiger partial charge in [-0.15, -0.1) is 0 Å². The van der Waals surface area contributed by atoms with E-state index in [1.54, 1.807) is 54.6 Å². The third-order valence-corrected chi connectivity index (χ3v) is 10.9. The molecule has 6 heterocycles. The second-order valence-corrected chi connectivity index (χ2v) is 14.5. The molecular formula is C48H18O18. The van der Waals surface area contributed by atoms with Crippen LogP contribution >= 0.6 is 0 Å². The van der Waals surface area contributed by atoms with Crippen LogP contribution in [-0.2, 0) is 28.4 Å². The van der Waals surface area contributed by atoms with Crippen LogP contribution in [0.5, 0.6) is 0 Å². The van der Waals surface area contributed by atoms with Gasteiger partial charge in [-0.3, -0.25) is 0 Å². The summed E-state index contributed by atoms with van der Waals surface area (Å²) in [7, 11) is 0. The molecule has 0 saturated heterocycles. The smallest absolute Gasteiger partial charge is 0.347 e. The molecule has 0 amide bonds. The Morgan fingerprint density at radius 1 is 0.197 bits per heavy atom. The maximum atomic E-state index is 11.9. The maximum absolute atomic E-state index is 11.9. The third kappa shape index (κ3) is 6.36. The van der Waals surface area contributed by atoms with E-state index in [4.69, 9.17) is 0 Å². The number of fused-ring (bicyclic) bond motifs is 6. The molecule has 6 aliphatic heterocycles. The van der Waals surface area contributed by atoms with E-state index in [0.29, 0.717) is 33.4 Å². The number of carbonyl (C=O) groups is 12. The summed E-state index contributed by atoms with van der Waals surface area (Å²) in [4.78, 5) is 139. The van der Waals surface area contributed by atoms with Gasteiger partial charge in [0.05, 0.1) is 66.8 Å². The highest BCUT2D eigenvalue weighted by atomic mass is 16.6. The quantitative estimate of drug-likeness (QED) is 0.113.